The van der Waals surface area contributed by atoms with Gasteiger partial charge in [0.15, 0.2) is 9.84 Å². The lowest BCUT2D eigenvalue weighted by Crippen LogP contribution is -2.20. The molecule has 34 heavy (non-hydrogen) atoms. The second-order valence-corrected chi connectivity index (χ2v) is 10.4. The zero-order valence-corrected chi connectivity index (χ0v) is 21.6. The molecule has 2 aromatic carbocycles. The molecule has 0 aliphatic carbocycles. The third-order valence-electron chi connectivity index (χ3n) is 5.28. The van der Waals surface area contributed by atoms with Crippen molar-refractivity contribution in [1.82, 2.24) is 0 Å². The van der Waals surface area contributed by atoms with E-state index in [2.05, 4.69) is 5.16 Å². The van der Waals surface area contributed by atoms with Crippen molar-refractivity contribution in [1.29, 1.82) is 0 Å². The lowest BCUT2D eigenvalue weighted by Gasteiger charge is -2.14. The summed E-state index contributed by atoms with van der Waals surface area (Å²) < 4.78 is 36.9. The van der Waals surface area contributed by atoms with Crippen LogP contribution in [0.2, 0.25) is 0 Å². The molecule has 0 aromatic heterocycles. The number of rotatable bonds is 15. The fourth-order valence-electron chi connectivity index (χ4n) is 3.60. The molecule has 0 bridgehead atoms. The molecule has 0 saturated carbocycles. The summed E-state index contributed by atoms with van der Waals surface area (Å²) in [6, 6.07) is 13.2. The molecule has 0 aliphatic heterocycles. The van der Waals surface area contributed by atoms with Crippen molar-refractivity contribution in [3.63, 3.8) is 0 Å². The van der Waals surface area contributed by atoms with Crippen LogP contribution in [0.3, 0.4) is 0 Å². The first-order valence-corrected chi connectivity index (χ1v) is 13.5. The molecule has 2 rings (SSSR count). The van der Waals surface area contributed by atoms with E-state index in [1.165, 1.54) is 7.11 Å². The first kappa shape index (κ1) is 27.4. The Kier molecular flexibility index (Phi) is 11.7. The van der Waals surface area contributed by atoms with Gasteiger partial charge in [-0.1, -0.05) is 60.5 Å². The zero-order valence-electron chi connectivity index (χ0n) is 20.7. The largest absolute Gasteiger partial charge is 0.493 e. The highest BCUT2D eigenvalue weighted by molar-refractivity contribution is 7.92. The van der Waals surface area contributed by atoms with E-state index >= 15 is 0 Å². The fourth-order valence-corrected chi connectivity index (χ4v) is 5.02. The van der Waals surface area contributed by atoms with Crippen LogP contribution in [0.1, 0.15) is 49.3 Å². The predicted molar refractivity (Wildman–Crippen MR) is 139 cm³/mol. The van der Waals surface area contributed by atoms with Crippen molar-refractivity contribution in [2.45, 2.75) is 46.5 Å². The number of hydrogen-bond donors (Lipinski definition) is 0. The molecule has 0 radical (unpaired) electrons. The van der Waals surface area contributed by atoms with E-state index in [-0.39, 0.29) is 11.5 Å². The minimum Gasteiger partial charge on any atom is -0.493 e. The Morgan fingerprint density at radius 1 is 0.971 bits per heavy atom. The van der Waals surface area contributed by atoms with Crippen molar-refractivity contribution >= 4 is 15.5 Å². The highest BCUT2D eigenvalue weighted by Gasteiger charge is 2.17. The van der Waals surface area contributed by atoms with Crippen LogP contribution in [-0.4, -0.2) is 46.0 Å². The summed E-state index contributed by atoms with van der Waals surface area (Å²) in [5.41, 5.74) is 3.29. The highest BCUT2D eigenvalue weighted by Crippen LogP contribution is 2.28. The quantitative estimate of drug-likeness (QED) is 0.140. The molecule has 0 fully saturated rings. The van der Waals surface area contributed by atoms with Crippen LogP contribution >= 0.6 is 0 Å². The first-order chi connectivity index (χ1) is 16.4. The molecule has 7 heteroatoms. The van der Waals surface area contributed by atoms with Gasteiger partial charge < -0.3 is 14.3 Å². The molecule has 0 atom stereocenters. The smallest absolute Gasteiger partial charge is 0.156 e. The Bertz CT molecular complexity index is 1020. The second-order valence-electron chi connectivity index (χ2n) is 8.21. The van der Waals surface area contributed by atoms with E-state index in [0.29, 0.717) is 25.3 Å². The molecule has 0 aliphatic rings. The van der Waals surface area contributed by atoms with E-state index in [9.17, 15) is 8.42 Å². The summed E-state index contributed by atoms with van der Waals surface area (Å²) in [6.45, 7) is 7.16. The Labute approximate surface area is 204 Å². The number of sulfone groups is 1. The third kappa shape index (κ3) is 9.59. The lowest BCUT2D eigenvalue weighted by molar-refractivity contribution is 0.213. The second kappa shape index (κ2) is 14.5. The van der Waals surface area contributed by atoms with Gasteiger partial charge in [-0.15, -0.1) is 0 Å². The van der Waals surface area contributed by atoms with Gasteiger partial charge in [0.2, 0.25) is 0 Å². The van der Waals surface area contributed by atoms with Gasteiger partial charge in [0.1, 0.15) is 30.9 Å². The average molecular weight is 488 g/mol. The topological polar surface area (TPSA) is 74.2 Å². The fraction of sp³-hybridized carbons (Fsp3) is 0.444. The molecule has 2 aromatic rings. The van der Waals surface area contributed by atoms with Crippen LogP contribution in [0.25, 0.3) is 0 Å². The Morgan fingerprint density at radius 2 is 1.65 bits per heavy atom. The van der Waals surface area contributed by atoms with Crippen molar-refractivity contribution in [3.8, 4) is 11.5 Å². The molecular formula is C27H37NO5S. The lowest BCUT2D eigenvalue weighted by atomic mass is 10.1. The number of hydrogen-bond acceptors (Lipinski definition) is 6. The minimum absolute atomic E-state index is 0.124. The summed E-state index contributed by atoms with van der Waals surface area (Å²) in [5.74, 6) is 1.75. The van der Waals surface area contributed by atoms with Crippen molar-refractivity contribution in [2.24, 2.45) is 5.16 Å². The number of benzene rings is 2. The molecular weight excluding hydrogens is 450 g/mol. The summed E-state index contributed by atoms with van der Waals surface area (Å²) in [4.78, 5) is 4.86. The Balaban J connectivity index is 1.72. The van der Waals surface area contributed by atoms with Gasteiger partial charge in [0, 0.05) is 5.56 Å². The Hall–Kier alpha value is -2.80. The van der Waals surface area contributed by atoms with Crippen LogP contribution in [0.4, 0.5) is 0 Å². The zero-order chi connectivity index (χ0) is 24.8. The SMILES string of the molecule is C/C=C/COc1cc(C)c(OCCCCCCS(=O)(=O)C/C(=N/OC)c2ccccc2)c(C)c1. The summed E-state index contributed by atoms with van der Waals surface area (Å²) in [7, 11) is -1.84. The van der Waals surface area contributed by atoms with Gasteiger partial charge in [0.25, 0.3) is 0 Å². The normalized spacial score (nSPS) is 12.2. The molecule has 0 heterocycles. The van der Waals surface area contributed by atoms with Gasteiger partial charge in [-0.25, -0.2) is 8.42 Å². The molecule has 0 N–H and O–H groups in total. The van der Waals surface area contributed by atoms with E-state index in [1.54, 1.807) is 0 Å². The number of ether oxygens (including phenoxy) is 2. The number of allylic oxidation sites excluding steroid dienone is 1. The summed E-state index contributed by atoms with van der Waals surface area (Å²) in [6.07, 6.45) is 7.17. The molecule has 0 amide bonds. The van der Waals surface area contributed by atoms with Crippen molar-refractivity contribution < 1.29 is 22.7 Å². The van der Waals surface area contributed by atoms with E-state index < -0.39 is 9.84 Å². The average Bonchev–Trinajstić information content (AvgIpc) is 2.80. The predicted octanol–water partition coefficient (Wildman–Crippen LogP) is 5.66. The monoisotopic (exact) mass is 487 g/mol. The number of aryl methyl sites for hydroxylation is 2. The number of unbranched alkanes of at least 4 members (excludes halogenated alkanes) is 3. The Morgan fingerprint density at radius 3 is 2.29 bits per heavy atom. The van der Waals surface area contributed by atoms with Gasteiger partial charge in [-0.05, 0) is 56.9 Å². The number of nitrogens with zero attached hydrogens (tertiary/aromatic N) is 1. The van der Waals surface area contributed by atoms with Crippen LogP contribution < -0.4 is 9.47 Å². The van der Waals surface area contributed by atoms with Gasteiger partial charge in [-0.2, -0.15) is 0 Å². The third-order valence-corrected chi connectivity index (χ3v) is 6.90. The maximum atomic E-state index is 12.6. The van der Waals surface area contributed by atoms with Gasteiger partial charge >= 0.3 is 0 Å². The van der Waals surface area contributed by atoms with Crippen LogP contribution in [0.15, 0.2) is 59.8 Å². The first-order valence-electron chi connectivity index (χ1n) is 11.7. The van der Waals surface area contributed by atoms with Gasteiger partial charge in [-0.3, -0.25) is 0 Å². The number of oxime groups is 1. The van der Waals surface area contributed by atoms with E-state index in [1.807, 2.05) is 75.4 Å². The maximum absolute atomic E-state index is 12.6. The van der Waals surface area contributed by atoms with E-state index in [0.717, 1.165) is 47.5 Å². The van der Waals surface area contributed by atoms with Crippen LogP contribution in [0.5, 0.6) is 11.5 Å². The maximum Gasteiger partial charge on any atom is 0.156 e. The molecule has 0 unspecified atom stereocenters. The molecule has 186 valence electrons. The van der Waals surface area contributed by atoms with E-state index in [4.69, 9.17) is 14.3 Å². The van der Waals surface area contributed by atoms with Crippen molar-refractivity contribution in [3.05, 3.63) is 71.3 Å². The van der Waals surface area contributed by atoms with Gasteiger partial charge in [0.05, 0.1) is 18.1 Å². The van der Waals surface area contributed by atoms with Crippen LogP contribution in [-0.2, 0) is 14.7 Å². The highest BCUT2D eigenvalue weighted by atomic mass is 32.2. The molecule has 6 nitrogen and oxygen atoms in total. The summed E-state index contributed by atoms with van der Waals surface area (Å²) in [5, 5.41) is 3.93. The molecule has 0 spiro atoms. The molecule has 0 saturated heterocycles. The summed E-state index contributed by atoms with van der Waals surface area (Å²) >= 11 is 0. The standard InChI is InChI=1S/C27H37NO5S/c1-5-6-16-32-25-19-22(2)27(23(3)20-25)33-17-12-7-8-13-18-34(29,30)21-26(28-31-4)24-14-10-9-11-15-24/h5-6,9-11,14-15,19-20H,7-8,12-13,16-18,21H2,1-4H3/b6-5+,28-26-. The van der Waals surface area contributed by atoms with Crippen molar-refractivity contribution in [2.75, 3.05) is 31.8 Å². The minimum atomic E-state index is -3.27. The van der Waals surface area contributed by atoms with Crippen LogP contribution in [0, 0.1) is 13.8 Å².